The largest absolute Gasteiger partial charge is 0.457 e. The summed E-state index contributed by atoms with van der Waals surface area (Å²) in [5.74, 6) is -1.10. The van der Waals surface area contributed by atoms with E-state index in [0.29, 0.717) is 11.1 Å². The van der Waals surface area contributed by atoms with Crippen LogP contribution in [0.1, 0.15) is 118 Å². The molecular formula is C62H55Br3F2N2O4. The molecule has 8 aromatic rings. The standard InChI is InChI=1S/C31H27BrFNO2.C31H28FNO2.Br2/c1-19(2)29-27(18-36-31(35)22-7-4-3-5-8-22)28(21-12-15-24(33)16-13-21)25-10-6-9-20-11-14-23(32)17-26(20)30(25)34-29;1-20(2)29-27(19-35-31(34)23-10-4-3-5-11-23)28(22-15-17-24(32)18-16-22)26-14-8-12-21-9-6-7-13-25(21)30(26)33-29;1-2/h3-5,7-8,11-17,19H,6,9-10,18H2,1-2H3;3-7,9-11,13,15-18,20H,8,12,14,19H2,1-2H3;. The predicted octanol–water partition coefficient (Wildman–Crippen LogP) is 17.5. The normalized spacial score (nSPS) is 12.3. The van der Waals surface area contributed by atoms with Crippen molar-refractivity contribution < 1.29 is 27.8 Å². The number of pyridine rings is 2. The SMILES string of the molecule is BrBr.CC(C)c1nc2c(c(-c3ccc(F)cc3)c1COC(=O)c1ccccc1)CCCc1ccc(Br)cc1-2.CC(C)c1nc2c(c(-c3ccc(F)cc3)c1COC(=O)c1ccccc1)CCCc1ccccc1-2. The van der Waals surface area contributed by atoms with Crippen LogP contribution in [-0.2, 0) is 48.4 Å². The third-order valence-corrected chi connectivity index (χ3v) is 13.8. The number of hydrogen-bond acceptors (Lipinski definition) is 6. The molecule has 0 radical (unpaired) electrons. The quantitative estimate of drug-likeness (QED) is 0.127. The van der Waals surface area contributed by atoms with E-state index in [1.165, 1.54) is 35.4 Å². The van der Waals surface area contributed by atoms with Gasteiger partial charge in [-0.05, 0) is 156 Å². The van der Waals surface area contributed by atoms with E-state index in [1.54, 1.807) is 24.3 Å². The van der Waals surface area contributed by atoms with E-state index in [0.717, 1.165) is 121 Å². The smallest absolute Gasteiger partial charge is 0.338 e. The molecule has 0 aliphatic heterocycles. The number of hydrogen-bond donors (Lipinski definition) is 0. The zero-order chi connectivity index (χ0) is 51.6. The third-order valence-electron chi connectivity index (χ3n) is 13.3. The van der Waals surface area contributed by atoms with Gasteiger partial charge < -0.3 is 9.47 Å². The number of carbonyl (C=O) groups excluding carboxylic acids is 2. The van der Waals surface area contributed by atoms with Crippen LogP contribution < -0.4 is 0 Å². The number of aryl methyl sites for hydroxylation is 2. The number of rotatable bonds is 10. The lowest BCUT2D eigenvalue weighted by Gasteiger charge is -2.23. The Hall–Kier alpha value is -6.14. The first-order valence-corrected chi connectivity index (χ1v) is 29.0. The van der Waals surface area contributed by atoms with E-state index >= 15 is 0 Å². The molecule has 6 aromatic carbocycles. The highest BCUT2D eigenvalue weighted by atomic mass is 80.9. The van der Waals surface area contributed by atoms with E-state index in [-0.39, 0.29) is 48.6 Å². The second-order valence-electron chi connectivity index (χ2n) is 18.7. The first-order valence-electron chi connectivity index (χ1n) is 24.5. The molecule has 2 aliphatic rings. The summed E-state index contributed by atoms with van der Waals surface area (Å²) in [5.41, 5.74) is 17.5. The number of aromatic nitrogens is 2. The summed E-state index contributed by atoms with van der Waals surface area (Å²) in [7, 11) is 0. The Labute approximate surface area is 450 Å². The van der Waals surface area contributed by atoms with Crippen LogP contribution >= 0.6 is 44.2 Å². The van der Waals surface area contributed by atoms with Crippen molar-refractivity contribution in [1.29, 1.82) is 0 Å². The predicted molar refractivity (Wildman–Crippen MR) is 299 cm³/mol. The maximum atomic E-state index is 13.9. The lowest BCUT2D eigenvalue weighted by Crippen LogP contribution is -2.12. The number of esters is 2. The second-order valence-corrected chi connectivity index (χ2v) is 19.6. The molecule has 0 bridgehead atoms. The number of halogens is 5. The fourth-order valence-corrected chi connectivity index (χ4v) is 10.3. The van der Waals surface area contributed by atoms with Crippen LogP contribution in [0, 0.1) is 11.6 Å². The van der Waals surface area contributed by atoms with Gasteiger partial charge in [0.15, 0.2) is 0 Å². The molecule has 11 heteroatoms. The average molecular weight is 1170 g/mol. The minimum absolute atomic E-state index is 0.0961. The molecule has 6 nitrogen and oxygen atoms in total. The van der Waals surface area contributed by atoms with Gasteiger partial charge in [0.25, 0.3) is 0 Å². The number of fused-ring (bicyclic) bond motifs is 6. The molecule has 0 N–H and O–H groups in total. The highest BCUT2D eigenvalue weighted by Crippen LogP contribution is 2.44. The van der Waals surface area contributed by atoms with Gasteiger partial charge in [0.05, 0.1) is 33.9 Å². The summed E-state index contributed by atoms with van der Waals surface area (Å²) in [4.78, 5) is 36.1. The molecule has 0 amide bonds. The molecular weight excluding hydrogens is 1110 g/mol. The van der Waals surface area contributed by atoms with Crippen molar-refractivity contribution in [3.63, 3.8) is 0 Å². The Morgan fingerprint density at radius 2 is 0.932 bits per heavy atom. The van der Waals surface area contributed by atoms with Gasteiger partial charge in [0.2, 0.25) is 0 Å². The summed E-state index contributed by atoms with van der Waals surface area (Å²) >= 11 is 9.14. The number of benzene rings is 6. The molecule has 0 unspecified atom stereocenters. The lowest BCUT2D eigenvalue weighted by molar-refractivity contribution is 0.0463. The minimum atomic E-state index is -0.375. The molecule has 2 heterocycles. The first-order chi connectivity index (χ1) is 35.4. The molecule has 2 aromatic heterocycles. The summed E-state index contributed by atoms with van der Waals surface area (Å²) in [6.07, 6.45) is 5.58. The van der Waals surface area contributed by atoms with Crippen LogP contribution in [0.3, 0.4) is 0 Å². The van der Waals surface area contributed by atoms with Crippen molar-refractivity contribution in [2.24, 2.45) is 0 Å². The van der Waals surface area contributed by atoms with Crippen LogP contribution in [0.5, 0.6) is 0 Å². The highest BCUT2D eigenvalue weighted by Gasteiger charge is 2.29. The summed E-state index contributed by atoms with van der Waals surface area (Å²) in [6.45, 7) is 8.62. The first kappa shape index (κ1) is 53.2. The van der Waals surface area contributed by atoms with Gasteiger partial charge in [-0.25, -0.2) is 18.4 Å². The van der Waals surface area contributed by atoms with Gasteiger partial charge in [-0.15, -0.1) is 0 Å². The third kappa shape index (κ3) is 12.3. The topological polar surface area (TPSA) is 78.4 Å². The van der Waals surface area contributed by atoms with Crippen molar-refractivity contribution >= 4 is 56.1 Å². The molecule has 10 rings (SSSR count). The van der Waals surface area contributed by atoms with E-state index < -0.39 is 0 Å². The van der Waals surface area contributed by atoms with Gasteiger partial charge in [0, 0.05) is 55.0 Å². The second kappa shape index (κ2) is 24.7. The summed E-state index contributed by atoms with van der Waals surface area (Å²) < 4.78 is 40.5. The fraction of sp³-hybridized carbons (Fsp3) is 0.226. The Bertz CT molecular complexity index is 3220. The molecule has 0 saturated carbocycles. The molecule has 0 saturated heterocycles. The van der Waals surface area contributed by atoms with Gasteiger partial charge in [-0.3, -0.25) is 9.97 Å². The summed E-state index contributed by atoms with van der Waals surface area (Å²) in [6, 6.07) is 46.0. The molecule has 2 aliphatic carbocycles. The van der Waals surface area contributed by atoms with Gasteiger partial charge in [-0.1, -0.05) is 135 Å². The van der Waals surface area contributed by atoms with Crippen molar-refractivity contribution in [2.45, 2.75) is 91.3 Å². The molecule has 73 heavy (non-hydrogen) atoms. The maximum Gasteiger partial charge on any atom is 0.338 e. The Morgan fingerprint density at radius 3 is 1.38 bits per heavy atom. The Kier molecular flexibility index (Phi) is 18.0. The van der Waals surface area contributed by atoms with E-state index in [2.05, 4.69) is 114 Å². The van der Waals surface area contributed by atoms with Gasteiger partial charge >= 0.3 is 11.9 Å². The van der Waals surface area contributed by atoms with Crippen molar-refractivity contribution in [1.82, 2.24) is 9.97 Å². The zero-order valence-corrected chi connectivity index (χ0v) is 45.9. The molecule has 0 spiro atoms. The van der Waals surface area contributed by atoms with Gasteiger partial charge in [0.1, 0.15) is 24.8 Å². The van der Waals surface area contributed by atoms with Crippen LogP contribution in [0.4, 0.5) is 8.78 Å². The molecule has 372 valence electrons. The van der Waals surface area contributed by atoms with Crippen LogP contribution in [-0.4, -0.2) is 21.9 Å². The average Bonchev–Trinajstić information content (AvgIpc) is 3.72. The van der Waals surface area contributed by atoms with E-state index in [1.807, 2.05) is 60.7 Å². The number of ether oxygens (including phenoxy) is 2. The van der Waals surface area contributed by atoms with Crippen LogP contribution in [0.25, 0.3) is 44.8 Å². The van der Waals surface area contributed by atoms with E-state index in [4.69, 9.17) is 19.4 Å². The Balaban J connectivity index is 0.000000189. The molecule has 0 fully saturated rings. The minimum Gasteiger partial charge on any atom is -0.457 e. The van der Waals surface area contributed by atoms with E-state index in [9.17, 15) is 18.4 Å². The highest BCUT2D eigenvalue weighted by molar-refractivity contribution is 9.93. The van der Waals surface area contributed by atoms with Crippen molar-refractivity contribution in [2.75, 3.05) is 0 Å². The number of nitrogens with zero attached hydrogens (tertiary/aromatic N) is 2. The lowest BCUT2D eigenvalue weighted by atomic mass is 9.87. The maximum absolute atomic E-state index is 13.9. The van der Waals surface area contributed by atoms with Crippen molar-refractivity contribution in [3.05, 3.63) is 224 Å². The van der Waals surface area contributed by atoms with Crippen molar-refractivity contribution in [3.8, 4) is 44.8 Å². The Morgan fingerprint density at radius 1 is 0.521 bits per heavy atom. The fourth-order valence-electron chi connectivity index (χ4n) is 9.94. The monoisotopic (exact) mass is 1170 g/mol. The van der Waals surface area contributed by atoms with Crippen LogP contribution in [0.2, 0.25) is 0 Å². The van der Waals surface area contributed by atoms with Gasteiger partial charge in [-0.2, -0.15) is 0 Å². The molecule has 0 atom stereocenters. The number of carbonyl (C=O) groups is 2. The summed E-state index contributed by atoms with van der Waals surface area (Å²) in [5, 5.41) is 0. The zero-order valence-electron chi connectivity index (χ0n) is 41.2. The van der Waals surface area contributed by atoms with Crippen LogP contribution in [0.15, 0.2) is 156 Å².